The Balaban J connectivity index is 1.54. The number of carbonyl (C=O) groups excluding carboxylic acids is 2. The van der Waals surface area contributed by atoms with Crippen molar-refractivity contribution in [2.45, 2.75) is 63.6 Å². The number of carbonyl (C=O) groups is 2. The Labute approximate surface area is 244 Å². The van der Waals surface area contributed by atoms with E-state index in [1.807, 2.05) is 68.5 Å². The number of aliphatic hydroxyl groups is 1. The highest BCUT2D eigenvalue weighted by Gasteiger charge is 2.47. The van der Waals surface area contributed by atoms with Gasteiger partial charge in [-0.05, 0) is 56.2 Å². The Morgan fingerprint density at radius 3 is 2.61 bits per heavy atom. The molecular weight excluding hydrogens is 538 g/mol. The topological polar surface area (TPSA) is 120 Å². The van der Waals surface area contributed by atoms with Crippen LogP contribution in [0.3, 0.4) is 0 Å². The lowest BCUT2D eigenvalue weighted by atomic mass is 9.86. The minimum absolute atomic E-state index is 0.00307. The summed E-state index contributed by atoms with van der Waals surface area (Å²) in [7, 11) is -1.26. The van der Waals surface area contributed by atoms with Crippen molar-refractivity contribution in [2.75, 3.05) is 38.7 Å². The number of amides is 2. The van der Waals surface area contributed by atoms with Crippen molar-refractivity contribution in [3.63, 3.8) is 0 Å². The predicted molar refractivity (Wildman–Crippen MR) is 161 cm³/mol. The first-order valence-electron chi connectivity index (χ1n) is 14.6. The van der Waals surface area contributed by atoms with Crippen LogP contribution in [0.1, 0.15) is 43.4 Å². The second kappa shape index (κ2) is 13.9. The summed E-state index contributed by atoms with van der Waals surface area (Å²) in [4.78, 5) is 39.5. The highest BCUT2D eigenvalue weighted by molar-refractivity contribution is 6.71. The van der Waals surface area contributed by atoms with Crippen molar-refractivity contribution >= 4 is 25.8 Å². The Bertz CT molecular complexity index is 1170. The molecule has 1 fully saturated rings. The number of nitrogens with one attached hydrogen (secondary N) is 2. The minimum Gasteiger partial charge on any atom is -0.490 e. The van der Waals surface area contributed by atoms with Gasteiger partial charge < -0.3 is 34.9 Å². The number of ether oxygens (including phenoxy) is 2. The molecule has 9 nitrogen and oxygen atoms in total. The van der Waals surface area contributed by atoms with Crippen LogP contribution >= 0.6 is 0 Å². The summed E-state index contributed by atoms with van der Waals surface area (Å²) in [6.45, 7) is 7.78. The minimum atomic E-state index is -2.91. The first-order chi connectivity index (χ1) is 19.6. The molecular formula is C31H45N3O6Si. The molecule has 0 radical (unpaired) electrons. The van der Waals surface area contributed by atoms with E-state index in [-0.39, 0.29) is 49.3 Å². The summed E-state index contributed by atoms with van der Waals surface area (Å²) in [6.07, 6.45) is 1.16. The molecule has 2 aromatic carbocycles. The molecule has 224 valence electrons. The van der Waals surface area contributed by atoms with E-state index < -0.39 is 20.0 Å². The number of rotatable bonds is 11. The quantitative estimate of drug-likeness (QED) is 0.298. The van der Waals surface area contributed by atoms with Crippen LogP contribution in [-0.4, -0.2) is 74.4 Å². The SMILES string of the molecule is CO[C@H]1c2cc(NC(=O)C3CCCNC3)ccc2O[C@@H](C(CC(=O)N(CCO)Cc2ccccc2)[Si](C)(C)O)[C@@H]1C. The van der Waals surface area contributed by atoms with Gasteiger partial charge in [0, 0.05) is 55.9 Å². The van der Waals surface area contributed by atoms with Crippen molar-refractivity contribution in [1.82, 2.24) is 10.2 Å². The van der Waals surface area contributed by atoms with E-state index in [0.29, 0.717) is 24.5 Å². The summed E-state index contributed by atoms with van der Waals surface area (Å²) in [5.74, 6) is 0.277. The maximum absolute atomic E-state index is 13.6. The molecule has 0 bridgehead atoms. The van der Waals surface area contributed by atoms with Gasteiger partial charge in [0.2, 0.25) is 11.8 Å². The third-order valence-electron chi connectivity index (χ3n) is 8.40. The first kappa shape index (κ1) is 31.2. The molecule has 10 heteroatoms. The van der Waals surface area contributed by atoms with E-state index in [2.05, 4.69) is 10.6 Å². The number of nitrogens with zero attached hydrogens (tertiary/aromatic N) is 1. The Morgan fingerprint density at radius 1 is 1.22 bits per heavy atom. The van der Waals surface area contributed by atoms with Gasteiger partial charge in [0.25, 0.3) is 0 Å². The van der Waals surface area contributed by atoms with Gasteiger partial charge in [-0.2, -0.15) is 0 Å². The van der Waals surface area contributed by atoms with Gasteiger partial charge in [-0.15, -0.1) is 0 Å². The smallest absolute Gasteiger partial charge is 0.228 e. The van der Waals surface area contributed by atoms with E-state index in [9.17, 15) is 19.5 Å². The van der Waals surface area contributed by atoms with Crippen molar-refractivity contribution in [2.24, 2.45) is 11.8 Å². The summed E-state index contributed by atoms with van der Waals surface area (Å²) in [5.41, 5.74) is 2.10. The molecule has 2 aromatic rings. The van der Waals surface area contributed by atoms with E-state index >= 15 is 0 Å². The largest absolute Gasteiger partial charge is 0.490 e. The number of anilines is 1. The molecule has 2 aliphatic heterocycles. The Kier molecular flexibility index (Phi) is 10.6. The molecule has 2 unspecified atom stereocenters. The first-order valence-corrected chi connectivity index (χ1v) is 17.6. The number of aliphatic hydroxyl groups excluding tert-OH is 1. The van der Waals surface area contributed by atoms with Gasteiger partial charge in [0.05, 0.1) is 18.6 Å². The van der Waals surface area contributed by atoms with Gasteiger partial charge >= 0.3 is 0 Å². The zero-order valence-corrected chi connectivity index (χ0v) is 25.6. The lowest BCUT2D eigenvalue weighted by Gasteiger charge is -2.44. The molecule has 0 saturated carbocycles. The molecule has 2 heterocycles. The maximum atomic E-state index is 13.6. The van der Waals surface area contributed by atoms with Crippen LogP contribution in [0, 0.1) is 11.8 Å². The normalized spacial score (nSPS) is 23.2. The molecule has 4 N–H and O–H groups in total. The number of hydrogen-bond donors (Lipinski definition) is 4. The molecule has 0 spiro atoms. The molecule has 5 atom stereocenters. The molecule has 1 saturated heterocycles. The highest BCUT2D eigenvalue weighted by Crippen LogP contribution is 2.47. The fraction of sp³-hybridized carbons (Fsp3) is 0.548. The van der Waals surface area contributed by atoms with Crippen LogP contribution < -0.4 is 15.4 Å². The molecule has 0 aliphatic carbocycles. The third-order valence-corrected chi connectivity index (χ3v) is 10.7. The van der Waals surface area contributed by atoms with Crippen LogP contribution in [0.15, 0.2) is 48.5 Å². The fourth-order valence-electron chi connectivity index (χ4n) is 6.08. The van der Waals surface area contributed by atoms with Gasteiger partial charge in [-0.25, -0.2) is 0 Å². The summed E-state index contributed by atoms with van der Waals surface area (Å²) in [5, 5.41) is 16.0. The monoisotopic (exact) mass is 583 g/mol. The highest BCUT2D eigenvalue weighted by atomic mass is 28.4. The van der Waals surface area contributed by atoms with E-state index in [0.717, 1.165) is 30.5 Å². The lowest BCUT2D eigenvalue weighted by molar-refractivity contribution is -0.133. The molecule has 0 aromatic heterocycles. The summed E-state index contributed by atoms with van der Waals surface area (Å²) >= 11 is 0. The van der Waals surface area contributed by atoms with E-state index in [1.165, 1.54) is 0 Å². The number of hydrogen-bond acceptors (Lipinski definition) is 7. The fourth-order valence-corrected chi connectivity index (χ4v) is 7.93. The number of benzene rings is 2. The number of fused-ring (bicyclic) bond motifs is 1. The lowest BCUT2D eigenvalue weighted by Crippen LogP contribution is -2.50. The van der Waals surface area contributed by atoms with Crippen molar-refractivity contribution < 1.29 is 29.0 Å². The Hall–Kier alpha value is -2.76. The van der Waals surface area contributed by atoms with Crippen molar-refractivity contribution in [3.8, 4) is 5.75 Å². The average Bonchev–Trinajstić information content (AvgIpc) is 2.96. The van der Waals surface area contributed by atoms with Crippen LogP contribution in [0.2, 0.25) is 18.6 Å². The van der Waals surface area contributed by atoms with Crippen LogP contribution in [0.4, 0.5) is 5.69 Å². The summed E-state index contributed by atoms with van der Waals surface area (Å²) < 4.78 is 12.5. The zero-order valence-electron chi connectivity index (χ0n) is 24.6. The van der Waals surface area contributed by atoms with Gasteiger partial charge in [0.15, 0.2) is 8.32 Å². The molecule has 4 rings (SSSR count). The van der Waals surface area contributed by atoms with Crippen LogP contribution in [-0.2, 0) is 20.9 Å². The van der Waals surface area contributed by atoms with Gasteiger partial charge in [-0.1, -0.05) is 37.3 Å². The second-order valence-electron chi connectivity index (χ2n) is 11.9. The van der Waals surface area contributed by atoms with E-state index in [1.54, 1.807) is 12.0 Å². The molecule has 2 aliphatic rings. The van der Waals surface area contributed by atoms with Gasteiger partial charge in [0.1, 0.15) is 11.9 Å². The standard InChI is InChI=1S/C31H45N3O6Si/c1-21-29(39-2)25-17-24(33-31(37)23-11-8-14-32-19-23)12-13-26(25)40-30(21)27(41(3,4)38)18-28(36)34(15-16-35)20-22-9-6-5-7-10-22/h5-7,9-10,12-13,17,21,23,27,29-30,32,35,38H,8,11,14-16,18-20H2,1-4H3,(H,33,37)/t21-,23?,27?,29-,30-/m1/s1. The van der Waals surface area contributed by atoms with Crippen LogP contribution in [0.25, 0.3) is 0 Å². The third kappa shape index (κ3) is 7.75. The van der Waals surface area contributed by atoms with Crippen LogP contribution in [0.5, 0.6) is 5.75 Å². The number of piperidine rings is 1. The second-order valence-corrected chi connectivity index (χ2v) is 15.9. The average molecular weight is 584 g/mol. The van der Waals surface area contributed by atoms with Gasteiger partial charge in [-0.3, -0.25) is 9.59 Å². The van der Waals surface area contributed by atoms with E-state index in [4.69, 9.17) is 9.47 Å². The summed E-state index contributed by atoms with van der Waals surface area (Å²) in [6, 6.07) is 15.3. The van der Waals surface area contributed by atoms with Crippen molar-refractivity contribution in [3.05, 3.63) is 59.7 Å². The number of methoxy groups -OCH3 is 1. The maximum Gasteiger partial charge on any atom is 0.228 e. The predicted octanol–water partition coefficient (Wildman–Crippen LogP) is 3.69. The molecule has 2 amide bonds. The van der Waals surface area contributed by atoms with Crippen molar-refractivity contribution in [1.29, 1.82) is 0 Å². The zero-order chi connectivity index (χ0) is 29.6. The Morgan fingerprint density at radius 2 is 1.98 bits per heavy atom. The molecule has 41 heavy (non-hydrogen) atoms.